The van der Waals surface area contributed by atoms with Gasteiger partial charge in [-0.15, -0.1) is 0 Å². The van der Waals surface area contributed by atoms with Crippen molar-refractivity contribution >= 4 is 0 Å². The van der Waals surface area contributed by atoms with Crippen LogP contribution in [0.15, 0.2) is 12.1 Å². The van der Waals surface area contributed by atoms with E-state index in [1.807, 2.05) is 0 Å². The Morgan fingerprint density at radius 3 is 2.68 bits per heavy atom. The number of hydrogen-bond acceptors (Lipinski definition) is 3. The van der Waals surface area contributed by atoms with Crippen molar-refractivity contribution in [2.24, 2.45) is 5.92 Å². The maximum Gasteiger partial charge on any atom is 0.231 e. The molecular weight excluding hydrogens is 240 g/mol. The van der Waals surface area contributed by atoms with Crippen molar-refractivity contribution in [3.05, 3.63) is 17.7 Å². The molecule has 1 aliphatic heterocycles. The molecule has 0 radical (unpaired) electrons. The summed E-state index contributed by atoms with van der Waals surface area (Å²) in [6.07, 6.45) is 9.42. The third kappa shape index (κ3) is 2.80. The third-order valence-electron chi connectivity index (χ3n) is 4.22. The highest BCUT2D eigenvalue weighted by atomic mass is 16.7. The molecule has 0 N–H and O–H groups in total. The van der Waals surface area contributed by atoms with E-state index in [2.05, 4.69) is 12.1 Å². The number of benzene rings is 1. The predicted molar refractivity (Wildman–Crippen MR) is 76.1 cm³/mol. The van der Waals surface area contributed by atoms with Crippen molar-refractivity contribution in [3.8, 4) is 17.2 Å². The summed E-state index contributed by atoms with van der Waals surface area (Å²) in [7, 11) is 1.69. The van der Waals surface area contributed by atoms with Crippen LogP contribution in [-0.4, -0.2) is 13.9 Å². The molecule has 3 rings (SSSR count). The number of hydrogen-bond donors (Lipinski definition) is 0. The molecule has 3 nitrogen and oxygen atoms in total. The van der Waals surface area contributed by atoms with Crippen molar-refractivity contribution in [2.45, 2.75) is 44.9 Å². The van der Waals surface area contributed by atoms with E-state index in [1.54, 1.807) is 7.11 Å². The molecule has 1 saturated carbocycles. The van der Waals surface area contributed by atoms with Gasteiger partial charge >= 0.3 is 0 Å². The van der Waals surface area contributed by atoms with Crippen molar-refractivity contribution in [2.75, 3.05) is 13.9 Å². The highest BCUT2D eigenvalue weighted by molar-refractivity contribution is 5.55. The topological polar surface area (TPSA) is 27.7 Å². The van der Waals surface area contributed by atoms with Crippen LogP contribution in [0.5, 0.6) is 17.2 Å². The van der Waals surface area contributed by atoms with Gasteiger partial charge in [-0.05, 0) is 30.0 Å². The molecule has 0 saturated heterocycles. The summed E-state index contributed by atoms with van der Waals surface area (Å²) >= 11 is 0. The smallest absolute Gasteiger partial charge is 0.231 e. The number of ether oxygens (including phenoxy) is 3. The van der Waals surface area contributed by atoms with Gasteiger partial charge in [0.2, 0.25) is 12.5 Å². The highest BCUT2D eigenvalue weighted by Crippen LogP contribution is 2.42. The van der Waals surface area contributed by atoms with Gasteiger partial charge in [-0.2, -0.15) is 0 Å². The van der Waals surface area contributed by atoms with E-state index in [0.29, 0.717) is 6.79 Å². The minimum absolute atomic E-state index is 0. The quantitative estimate of drug-likeness (QED) is 0.766. The van der Waals surface area contributed by atoms with Crippen LogP contribution >= 0.6 is 0 Å². The van der Waals surface area contributed by atoms with Crippen molar-refractivity contribution in [3.63, 3.8) is 0 Å². The molecule has 0 atom stereocenters. The molecule has 0 unspecified atom stereocenters. The zero-order valence-corrected chi connectivity index (χ0v) is 11.6. The van der Waals surface area contributed by atoms with Gasteiger partial charge in [0.1, 0.15) is 0 Å². The third-order valence-corrected chi connectivity index (χ3v) is 4.22. The first kappa shape index (κ1) is 12.6. The lowest BCUT2D eigenvalue weighted by Gasteiger charge is -2.15. The fourth-order valence-electron chi connectivity index (χ4n) is 3.20. The normalized spacial score (nSPS) is 19.2. The Morgan fingerprint density at radius 2 is 1.95 bits per heavy atom. The van der Waals surface area contributed by atoms with E-state index in [4.69, 9.17) is 14.2 Å². The molecule has 1 heterocycles. The van der Waals surface area contributed by atoms with Gasteiger partial charge in [0.05, 0.1) is 7.11 Å². The average molecular weight is 264 g/mol. The Kier molecular flexibility index (Phi) is 3.81. The van der Waals surface area contributed by atoms with E-state index in [-0.39, 0.29) is 1.43 Å². The maximum atomic E-state index is 5.49. The summed E-state index contributed by atoms with van der Waals surface area (Å²) in [6.45, 7) is 0.304. The Bertz CT molecular complexity index is 440. The molecule has 1 fully saturated rings. The van der Waals surface area contributed by atoms with Crippen LogP contribution in [0.1, 0.15) is 45.5 Å². The first-order chi connectivity index (χ1) is 9.36. The monoisotopic (exact) mass is 264 g/mol. The molecule has 0 spiro atoms. The van der Waals surface area contributed by atoms with E-state index >= 15 is 0 Å². The molecule has 106 valence electrons. The predicted octanol–water partition coefficient (Wildman–Crippen LogP) is 4.18. The zero-order valence-electron chi connectivity index (χ0n) is 11.6. The highest BCUT2D eigenvalue weighted by Gasteiger charge is 2.21. The van der Waals surface area contributed by atoms with Gasteiger partial charge in [0, 0.05) is 1.43 Å². The fraction of sp³-hybridized carbons (Fsp3) is 0.625. The minimum Gasteiger partial charge on any atom is -0.493 e. The largest absolute Gasteiger partial charge is 0.493 e. The van der Waals surface area contributed by atoms with Gasteiger partial charge in [0.25, 0.3) is 0 Å². The summed E-state index contributed by atoms with van der Waals surface area (Å²) in [5.74, 6) is 3.21. The molecule has 1 aliphatic carbocycles. The van der Waals surface area contributed by atoms with E-state index in [9.17, 15) is 0 Å². The lowest BCUT2D eigenvalue weighted by Crippen LogP contribution is -2.03. The molecule has 19 heavy (non-hydrogen) atoms. The van der Waals surface area contributed by atoms with Crippen LogP contribution < -0.4 is 14.2 Å². The molecule has 0 aromatic heterocycles. The summed E-state index contributed by atoms with van der Waals surface area (Å²) in [4.78, 5) is 0. The Morgan fingerprint density at radius 1 is 1.16 bits per heavy atom. The van der Waals surface area contributed by atoms with Crippen LogP contribution in [0.2, 0.25) is 0 Å². The SMILES string of the molecule is COc1cc(CC2CCCCCC2)cc2c1OCO2.[HH]. The molecule has 0 amide bonds. The van der Waals surface area contributed by atoms with E-state index in [1.165, 1.54) is 44.1 Å². The second-order valence-corrected chi connectivity index (χ2v) is 5.59. The van der Waals surface area contributed by atoms with Crippen molar-refractivity contribution in [1.29, 1.82) is 0 Å². The Labute approximate surface area is 116 Å². The number of rotatable bonds is 3. The summed E-state index contributed by atoms with van der Waals surface area (Å²) < 4.78 is 16.3. The molecule has 2 aliphatic rings. The first-order valence-corrected chi connectivity index (χ1v) is 7.33. The second-order valence-electron chi connectivity index (χ2n) is 5.59. The van der Waals surface area contributed by atoms with Gasteiger partial charge in [-0.1, -0.05) is 38.5 Å². The molecule has 3 heteroatoms. The van der Waals surface area contributed by atoms with Gasteiger partial charge in [0.15, 0.2) is 11.5 Å². The molecular formula is C16H24O3. The minimum atomic E-state index is 0. The number of methoxy groups -OCH3 is 1. The Balaban J connectivity index is 0.00000147. The van der Waals surface area contributed by atoms with E-state index in [0.717, 1.165) is 29.6 Å². The molecule has 1 aromatic rings. The fourth-order valence-corrected chi connectivity index (χ4v) is 3.20. The van der Waals surface area contributed by atoms with E-state index < -0.39 is 0 Å². The van der Waals surface area contributed by atoms with Crippen LogP contribution in [0.4, 0.5) is 0 Å². The van der Waals surface area contributed by atoms with Gasteiger partial charge in [-0.25, -0.2) is 0 Å². The number of fused-ring (bicyclic) bond motifs is 1. The summed E-state index contributed by atoms with van der Waals surface area (Å²) in [5, 5.41) is 0. The molecule has 1 aromatic carbocycles. The zero-order chi connectivity index (χ0) is 13.1. The second kappa shape index (κ2) is 5.72. The average Bonchev–Trinajstić information content (AvgIpc) is 2.75. The van der Waals surface area contributed by atoms with Gasteiger partial charge in [-0.3, -0.25) is 0 Å². The maximum absolute atomic E-state index is 5.49. The Hall–Kier alpha value is -1.38. The molecule has 0 bridgehead atoms. The lowest BCUT2D eigenvalue weighted by atomic mass is 9.92. The van der Waals surface area contributed by atoms with Gasteiger partial charge < -0.3 is 14.2 Å². The first-order valence-electron chi connectivity index (χ1n) is 7.33. The van der Waals surface area contributed by atoms with Crippen molar-refractivity contribution < 1.29 is 15.6 Å². The standard InChI is InChI=1S/C16H22O3.H2/c1-17-14-9-13(10-15-16(14)19-11-18-15)8-12-6-4-2-3-5-7-12;/h9-10,12H,2-8,11H2,1H3;1H. The van der Waals surface area contributed by atoms with Crippen LogP contribution in [0, 0.1) is 5.92 Å². The van der Waals surface area contributed by atoms with Crippen LogP contribution in [0.3, 0.4) is 0 Å². The van der Waals surface area contributed by atoms with Crippen LogP contribution in [0.25, 0.3) is 0 Å². The van der Waals surface area contributed by atoms with Crippen LogP contribution in [-0.2, 0) is 6.42 Å². The lowest BCUT2D eigenvalue weighted by molar-refractivity contribution is 0.171. The van der Waals surface area contributed by atoms with Crippen molar-refractivity contribution in [1.82, 2.24) is 0 Å². The summed E-state index contributed by atoms with van der Waals surface area (Å²) in [6, 6.07) is 4.23. The summed E-state index contributed by atoms with van der Waals surface area (Å²) in [5.41, 5.74) is 1.31.